The highest BCUT2D eigenvalue weighted by Crippen LogP contribution is 2.24. The molecule has 0 saturated carbocycles. The van der Waals surface area contributed by atoms with Crippen molar-refractivity contribution < 1.29 is 0 Å². The highest BCUT2D eigenvalue weighted by molar-refractivity contribution is 14.0. The van der Waals surface area contributed by atoms with Crippen LogP contribution in [0.25, 0.3) is 0 Å². The van der Waals surface area contributed by atoms with Crippen LogP contribution in [-0.4, -0.2) is 51.3 Å². The van der Waals surface area contributed by atoms with Gasteiger partial charge in [0, 0.05) is 39.3 Å². The quantitative estimate of drug-likeness (QED) is 0.221. The highest BCUT2D eigenvalue weighted by Gasteiger charge is 2.28. The number of likely N-dealkylation sites (tertiary alicyclic amines) is 1. The van der Waals surface area contributed by atoms with Gasteiger partial charge >= 0.3 is 0 Å². The van der Waals surface area contributed by atoms with Gasteiger partial charge in [-0.1, -0.05) is 43.7 Å². The predicted octanol–water partition coefficient (Wildman–Crippen LogP) is 3.49. The fraction of sp³-hybridized carbons (Fsp3) is 0.609. The predicted molar refractivity (Wildman–Crippen MR) is 138 cm³/mol. The SMILES string of the molecule is CCCCNC(=NCc1nnc(C)n1C)NCC1CC(C)N(Cc2ccccc2)C1.I. The van der Waals surface area contributed by atoms with E-state index < -0.39 is 0 Å². The number of aryl methyl sites for hydroxylation is 1. The summed E-state index contributed by atoms with van der Waals surface area (Å²) in [5, 5.41) is 15.4. The summed E-state index contributed by atoms with van der Waals surface area (Å²) < 4.78 is 1.99. The van der Waals surface area contributed by atoms with E-state index in [0.29, 0.717) is 18.5 Å². The zero-order valence-corrected chi connectivity index (χ0v) is 21.7. The molecule has 1 aliphatic heterocycles. The number of nitrogens with zero attached hydrogens (tertiary/aromatic N) is 5. The van der Waals surface area contributed by atoms with Crippen LogP contribution in [0, 0.1) is 12.8 Å². The molecule has 2 heterocycles. The number of rotatable bonds is 9. The van der Waals surface area contributed by atoms with E-state index in [1.54, 1.807) is 0 Å². The van der Waals surface area contributed by atoms with E-state index in [1.165, 1.54) is 12.0 Å². The molecule has 1 aliphatic rings. The number of halogens is 1. The molecule has 2 aromatic rings. The van der Waals surface area contributed by atoms with Crippen LogP contribution in [0.15, 0.2) is 35.3 Å². The lowest BCUT2D eigenvalue weighted by molar-refractivity contribution is 0.255. The average Bonchev–Trinajstić information content (AvgIpc) is 3.26. The third-order valence-electron chi connectivity index (χ3n) is 5.96. The lowest BCUT2D eigenvalue weighted by Gasteiger charge is -2.21. The van der Waals surface area contributed by atoms with Crippen LogP contribution < -0.4 is 10.6 Å². The topological polar surface area (TPSA) is 70.4 Å². The van der Waals surface area contributed by atoms with Crippen molar-refractivity contribution in [3.63, 3.8) is 0 Å². The molecule has 3 rings (SSSR count). The van der Waals surface area contributed by atoms with Gasteiger partial charge in [0.25, 0.3) is 0 Å². The largest absolute Gasteiger partial charge is 0.356 e. The number of aromatic nitrogens is 3. The van der Waals surface area contributed by atoms with E-state index in [0.717, 1.165) is 56.6 Å². The minimum Gasteiger partial charge on any atom is -0.356 e. The smallest absolute Gasteiger partial charge is 0.191 e. The van der Waals surface area contributed by atoms with E-state index in [1.807, 2.05) is 18.5 Å². The average molecular weight is 540 g/mol. The minimum absolute atomic E-state index is 0. The first-order valence-corrected chi connectivity index (χ1v) is 11.2. The first-order chi connectivity index (χ1) is 14.6. The molecule has 1 aromatic heterocycles. The first kappa shape index (κ1) is 25.6. The van der Waals surface area contributed by atoms with Gasteiger partial charge in [0.2, 0.25) is 0 Å². The van der Waals surface area contributed by atoms with Gasteiger partial charge in [-0.3, -0.25) is 4.90 Å². The normalized spacial score (nSPS) is 19.3. The van der Waals surface area contributed by atoms with Crippen molar-refractivity contribution in [3.05, 3.63) is 47.5 Å². The van der Waals surface area contributed by atoms with Crippen LogP contribution in [0.3, 0.4) is 0 Å². The number of benzene rings is 1. The fourth-order valence-corrected chi connectivity index (χ4v) is 3.94. The van der Waals surface area contributed by atoms with Crippen molar-refractivity contribution in [1.82, 2.24) is 30.3 Å². The second kappa shape index (κ2) is 13.0. The lowest BCUT2D eigenvalue weighted by atomic mass is 10.1. The van der Waals surface area contributed by atoms with Crippen LogP contribution >= 0.6 is 24.0 Å². The Kier molecular flexibility index (Phi) is 10.7. The Morgan fingerprint density at radius 3 is 2.65 bits per heavy atom. The second-order valence-corrected chi connectivity index (χ2v) is 8.41. The molecule has 0 amide bonds. The summed E-state index contributed by atoms with van der Waals surface area (Å²) >= 11 is 0. The zero-order chi connectivity index (χ0) is 21.3. The Bertz CT molecular complexity index is 806. The Morgan fingerprint density at radius 1 is 1.19 bits per heavy atom. The molecule has 0 radical (unpaired) electrons. The summed E-state index contributed by atoms with van der Waals surface area (Å²) in [6.45, 7) is 11.0. The maximum Gasteiger partial charge on any atom is 0.191 e. The summed E-state index contributed by atoms with van der Waals surface area (Å²) in [5.41, 5.74) is 1.39. The Hall–Kier alpha value is -1.68. The minimum atomic E-state index is 0. The van der Waals surface area contributed by atoms with Gasteiger partial charge in [0.15, 0.2) is 11.8 Å². The molecule has 172 valence electrons. The monoisotopic (exact) mass is 539 g/mol. The second-order valence-electron chi connectivity index (χ2n) is 8.41. The number of nitrogens with one attached hydrogen (secondary N) is 2. The van der Waals surface area contributed by atoms with Crippen molar-refractivity contribution in [2.24, 2.45) is 18.0 Å². The number of guanidine groups is 1. The van der Waals surface area contributed by atoms with Gasteiger partial charge in [-0.05, 0) is 38.2 Å². The standard InChI is InChI=1S/C23H37N7.HI/c1-5-6-12-24-23(26-15-22-28-27-19(3)29(22)4)25-14-21-13-18(2)30(17-21)16-20-10-8-7-9-11-20;/h7-11,18,21H,5-6,12-17H2,1-4H3,(H2,24,25,26);1H. The summed E-state index contributed by atoms with van der Waals surface area (Å²) in [6.07, 6.45) is 3.51. The zero-order valence-electron chi connectivity index (χ0n) is 19.3. The number of unbranched alkanes of at least 4 members (excludes halogenated alkanes) is 1. The van der Waals surface area contributed by atoms with E-state index in [2.05, 4.69) is 69.9 Å². The van der Waals surface area contributed by atoms with Gasteiger partial charge in [0.1, 0.15) is 12.4 Å². The summed E-state index contributed by atoms with van der Waals surface area (Å²) in [4.78, 5) is 7.35. The van der Waals surface area contributed by atoms with E-state index in [9.17, 15) is 0 Å². The van der Waals surface area contributed by atoms with Crippen molar-refractivity contribution in [2.75, 3.05) is 19.6 Å². The summed E-state index contributed by atoms with van der Waals surface area (Å²) in [6, 6.07) is 11.4. The summed E-state index contributed by atoms with van der Waals surface area (Å²) in [7, 11) is 1.99. The van der Waals surface area contributed by atoms with E-state index in [-0.39, 0.29) is 24.0 Å². The van der Waals surface area contributed by atoms with Crippen molar-refractivity contribution in [1.29, 1.82) is 0 Å². The molecular weight excluding hydrogens is 501 g/mol. The third-order valence-corrected chi connectivity index (χ3v) is 5.96. The third kappa shape index (κ3) is 7.75. The van der Waals surface area contributed by atoms with Crippen LogP contribution in [0.4, 0.5) is 0 Å². The Labute approximate surface area is 204 Å². The molecule has 7 nitrogen and oxygen atoms in total. The maximum atomic E-state index is 4.76. The molecule has 0 spiro atoms. The lowest BCUT2D eigenvalue weighted by Crippen LogP contribution is -2.40. The molecule has 2 N–H and O–H groups in total. The van der Waals surface area contributed by atoms with E-state index >= 15 is 0 Å². The van der Waals surface area contributed by atoms with Gasteiger partial charge in [-0.15, -0.1) is 34.2 Å². The molecule has 1 saturated heterocycles. The molecular formula is C23H38IN7. The molecule has 2 atom stereocenters. The van der Waals surface area contributed by atoms with Gasteiger partial charge in [-0.25, -0.2) is 4.99 Å². The Morgan fingerprint density at radius 2 is 1.97 bits per heavy atom. The first-order valence-electron chi connectivity index (χ1n) is 11.2. The van der Waals surface area contributed by atoms with Crippen LogP contribution in [0.1, 0.15) is 50.3 Å². The van der Waals surface area contributed by atoms with Crippen LogP contribution in [0.2, 0.25) is 0 Å². The van der Waals surface area contributed by atoms with Crippen molar-refractivity contribution in [2.45, 2.75) is 59.2 Å². The number of hydrogen-bond donors (Lipinski definition) is 2. The highest BCUT2D eigenvalue weighted by atomic mass is 127. The molecule has 1 fully saturated rings. The fourth-order valence-electron chi connectivity index (χ4n) is 3.94. The van der Waals surface area contributed by atoms with E-state index in [4.69, 9.17) is 4.99 Å². The van der Waals surface area contributed by atoms with Gasteiger partial charge < -0.3 is 15.2 Å². The van der Waals surface area contributed by atoms with Crippen LogP contribution in [-0.2, 0) is 20.1 Å². The molecule has 2 unspecified atom stereocenters. The maximum absolute atomic E-state index is 4.76. The molecule has 0 bridgehead atoms. The number of hydrogen-bond acceptors (Lipinski definition) is 4. The van der Waals surface area contributed by atoms with Gasteiger partial charge in [0.05, 0.1) is 0 Å². The molecule has 1 aromatic carbocycles. The van der Waals surface area contributed by atoms with Crippen molar-refractivity contribution >= 4 is 29.9 Å². The van der Waals surface area contributed by atoms with Crippen LogP contribution in [0.5, 0.6) is 0 Å². The molecule has 0 aliphatic carbocycles. The number of aliphatic imine (C=N–C) groups is 1. The van der Waals surface area contributed by atoms with Gasteiger partial charge in [-0.2, -0.15) is 0 Å². The summed E-state index contributed by atoms with van der Waals surface area (Å²) in [5.74, 6) is 3.29. The van der Waals surface area contributed by atoms with Crippen molar-refractivity contribution in [3.8, 4) is 0 Å². The molecule has 8 heteroatoms. The Balaban J connectivity index is 0.00000341. The molecule has 31 heavy (non-hydrogen) atoms.